The van der Waals surface area contributed by atoms with Crippen LogP contribution in [0.2, 0.25) is 0 Å². The lowest BCUT2D eigenvalue weighted by atomic mass is 9.78. The molecule has 0 aromatic heterocycles. The Hall–Kier alpha value is -1.15. The SMILES string of the molecule is COCC1(C(=O)NCCCS(=O)(=O)c2ccccc2)CCNCC1.Cl. The van der Waals surface area contributed by atoms with Gasteiger partial charge in [-0.3, -0.25) is 4.79 Å². The number of amides is 1. The van der Waals surface area contributed by atoms with E-state index in [-0.39, 0.29) is 24.1 Å². The molecule has 2 rings (SSSR count). The topological polar surface area (TPSA) is 84.5 Å². The Bertz CT molecular complexity index is 626. The number of sulfone groups is 1. The van der Waals surface area contributed by atoms with Crippen LogP contribution in [0.25, 0.3) is 0 Å². The number of halogens is 1. The molecule has 0 aliphatic carbocycles. The molecule has 0 unspecified atom stereocenters. The molecule has 6 nitrogen and oxygen atoms in total. The molecule has 1 aromatic rings. The maximum Gasteiger partial charge on any atom is 0.228 e. The van der Waals surface area contributed by atoms with Crippen LogP contribution in [0.5, 0.6) is 0 Å². The first kappa shape index (κ1) is 21.9. The summed E-state index contributed by atoms with van der Waals surface area (Å²) in [5.74, 6) is -0.0150. The van der Waals surface area contributed by atoms with Gasteiger partial charge in [0.05, 0.1) is 22.7 Å². The van der Waals surface area contributed by atoms with E-state index in [1.165, 1.54) is 0 Å². The molecule has 1 fully saturated rings. The Morgan fingerprint density at radius 1 is 1.24 bits per heavy atom. The summed E-state index contributed by atoms with van der Waals surface area (Å²) in [4.78, 5) is 12.9. The predicted octanol–water partition coefficient (Wildman–Crippen LogP) is 1.40. The van der Waals surface area contributed by atoms with Crippen LogP contribution in [0, 0.1) is 5.41 Å². The van der Waals surface area contributed by atoms with Gasteiger partial charge in [-0.25, -0.2) is 8.42 Å². The van der Waals surface area contributed by atoms with Crippen molar-refractivity contribution < 1.29 is 17.9 Å². The molecular formula is C17H27ClN2O4S. The summed E-state index contributed by atoms with van der Waals surface area (Å²) in [5.41, 5.74) is -0.502. The second kappa shape index (κ2) is 10.1. The lowest BCUT2D eigenvalue weighted by molar-refractivity contribution is -0.136. The number of hydrogen-bond acceptors (Lipinski definition) is 5. The van der Waals surface area contributed by atoms with Gasteiger partial charge in [-0.2, -0.15) is 0 Å². The molecule has 25 heavy (non-hydrogen) atoms. The lowest BCUT2D eigenvalue weighted by Crippen LogP contribution is -2.50. The van der Waals surface area contributed by atoms with Gasteiger partial charge in [-0.15, -0.1) is 12.4 Å². The summed E-state index contributed by atoms with van der Waals surface area (Å²) in [6, 6.07) is 8.39. The molecule has 8 heteroatoms. The number of carbonyl (C=O) groups excluding carboxylic acids is 1. The summed E-state index contributed by atoms with van der Waals surface area (Å²) in [5, 5.41) is 6.13. The maximum absolute atomic E-state index is 12.5. The molecule has 142 valence electrons. The first-order valence-corrected chi connectivity index (χ1v) is 9.91. The molecule has 1 aliphatic rings. The molecular weight excluding hydrogens is 364 g/mol. The number of piperidine rings is 1. The molecule has 0 radical (unpaired) electrons. The van der Waals surface area contributed by atoms with Crippen molar-refractivity contribution in [2.75, 3.05) is 39.1 Å². The van der Waals surface area contributed by atoms with Crippen LogP contribution in [0.1, 0.15) is 19.3 Å². The number of carbonyl (C=O) groups is 1. The third-order valence-electron chi connectivity index (χ3n) is 4.44. The van der Waals surface area contributed by atoms with Gasteiger partial charge < -0.3 is 15.4 Å². The van der Waals surface area contributed by atoms with Crippen molar-refractivity contribution in [1.82, 2.24) is 10.6 Å². The zero-order valence-corrected chi connectivity index (χ0v) is 16.1. The standard InChI is InChI=1S/C17H26N2O4S.ClH/c1-23-14-17(8-11-18-12-9-17)16(20)19-10-5-13-24(21,22)15-6-3-2-4-7-15;/h2-4,6-7,18H,5,8-14H2,1H3,(H,19,20);1H. The third-order valence-corrected chi connectivity index (χ3v) is 6.26. The molecule has 1 amide bonds. The van der Waals surface area contributed by atoms with Crippen molar-refractivity contribution in [3.8, 4) is 0 Å². The Morgan fingerprint density at radius 3 is 2.48 bits per heavy atom. The van der Waals surface area contributed by atoms with Crippen molar-refractivity contribution in [2.24, 2.45) is 5.41 Å². The van der Waals surface area contributed by atoms with Crippen LogP contribution in [-0.4, -0.2) is 53.4 Å². The molecule has 0 saturated carbocycles. The van der Waals surface area contributed by atoms with Gasteiger partial charge in [0.1, 0.15) is 0 Å². The zero-order chi connectivity index (χ0) is 17.5. The number of hydrogen-bond donors (Lipinski definition) is 2. The number of ether oxygens (including phenoxy) is 1. The van der Waals surface area contributed by atoms with E-state index in [1.54, 1.807) is 37.4 Å². The minimum absolute atomic E-state index is 0. The second-order valence-corrected chi connectivity index (χ2v) is 8.31. The first-order chi connectivity index (χ1) is 11.5. The normalized spacial score (nSPS) is 16.7. The third kappa shape index (κ3) is 5.95. The molecule has 2 N–H and O–H groups in total. The van der Waals surface area contributed by atoms with E-state index in [9.17, 15) is 13.2 Å². The smallest absolute Gasteiger partial charge is 0.228 e. The van der Waals surface area contributed by atoms with Crippen LogP contribution < -0.4 is 10.6 Å². The molecule has 1 aromatic carbocycles. The van der Waals surface area contributed by atoms with Crippen LogP contribution in [0.3, 0.4) is 0 Å². The van der Waals surface area contributed by atoms with Gasteiger partial charge in [0, 0.05) is 13.7 Å². The summed E-state index contributed by atoms with van der Waals surface area (Å²) >= 11 is 0. The highest BCUT2D eigenvalue weighted by atomic mass is 35.5. The summed E-state index contributed by atoms with van der Waals surface area (Å²) in [6.07, 6.45) is 1.86. The van der Waals surface area contributed by atoms with Crippen LogP contribution >= 0.6 is 12.4 Å². The average Bonchev–Trinajstić information content (AvgIpc) is 2.60. The fourth-order valence-electron chi connectivity index (χ4n) is 3.02. The first-order valence-electron chi connectivity index (χ1n) is 8.26. The number of rotatable bonds is 8. The van der Waals surface area contributed by atoms with Gasteiger partial charge in [-0.1, -0.05) is 18.2 Å². The van der Waals surface area contributed by atoms with Crippen molar-refractivity contribution >= 4 is 28.2 Å². The zero-order valence-electron chi connectivity index (χ0n) is 14.5. The van der Waals surface area contributed by atoms with Crippen molar-refractivity contribution in [2.45, 2.75) is 24.2 Å². The van der Waals surface area contributed by atoms with Crippen LogP contribution in [0.15, 0.2) is 35.2 Å². The van der Waals surface area contributed by atoms with E-state index in [1.807, 2.05) is 0 Å². The van der Waals surface area contributed by atoms with Crippen LogP contribution in [0.4, 0.5) is 0 Å². The highest BCUT2D eigenvalue weighted by molar-refractivity contribution is 7.91. The molecule has 1 aliphatic heterocycles. The second-order valence-electron chi connectivity index (χ2n) is 6.20. The van der Waals surface area contributed by atoms with E-state index in [4.69, 9.17) is 4.74 Å². The van der Waals surface area contributed by atoms with E-state index in [0.717, 1.165) is 25.9 Å². The summed E-state index contributed by atoms with van der Waals surface area (Å²) in [6.45, 7) is 2.32. The van der Waals surface area contributed by atoms with Gasteiger partial charge in [0.2, 0.25) is 5.91 Å². The Morgan fingerprint density at radius 2 is 1.88 bits per heavy atom. The van der Waals surface area contributed by atoms with Gasteiger partial charge in [-0.05, 0) is 44.5 Å². The Balaban J connectivity index is 0.00000312. The molecule has 1 heterocycles. The average molecular weight is 391 g/mol. The Kier molecular flexibility index (Phi) is 8.85. The molecule has 0 bridgehead atoms. The largest absolute Gasteiger partial charge is 0.384 e. The molecule has 0 spiro atoms. The van der Waals surface area contributed by atoms with Gasteiger partial charge in [0.25, 0.3) is 0 Å². The fraction of sp³-hybridized carbons (Fsp3) is 0.588. The van der Waals surface area contributed by atoms with Gasteiger partial charge >= 0.3 is 0 Å². The quantitative estimate of drug-likeness (QED) is 0.655. The minimum atomic E-state index is -3.29. The predicted molar refractivity (Wildman–Crippen MR) is 99.8 cm³/mol. The number of benzene rings is 1. The molecule has 0 atom stereocenters. The van der Waals surface area contributed by atoms with Gasteiger partial charge in [0.15, 0.2) is 9.84 Å². The number of methoxy groups -OCH3 is 1. The monoisotopic (exact) mass is 390 g/mol. The lowest BCUT2D eigenvalue weighted by Gasteiger charge is -2.35. The highest BCUT2D eigenvalue weighted by Crippen LogP contribution is 2.29. The van der Waals surface area contributed by atoms with Crippen molar-refractivity contribution in [3.05, 3.63) is 30.3 Å². The number of nitrogens with one attached hydrogen (secondary N) is 2. The van der Waals surface area contributed by atoms with E-state index in [0.29, 0.717) is 24.5 Å². The molecule has 1 saturated heterocycles. The van der Waals surface area contributed by atoms with E-state index < -0.39 is 15.3 Å². The highest BCUT2D eigenvalue weighted by Gasteiger charge is 2.39. The Labute approximate surface area is 156 Å². The van der Waals surface area contributed by atoms with E-state index in [2.05, 4.69) is 10.6 Å². The minimum Gasteiger partial charge on any atom is -0.384 e. The van der Waals surface area contributed by atoms with Crippen molar-refractivity contribution in [1.29, 1.82) is 0 Å². The maximum atomic E-state index is 12.5. The fourth-order valence-corrected chi connectivity index (χ4v) is 4.35. The summed E-state index contributed by atoms with van der Waals surface area (Å²) < 4.78 is 29.6. The van der Waals surface area contributed by atoms with Crippen LogP contribution in [-0.2, 0) is 19.4 Å². The van der Waals surface area contributed by atoms with Crippen molar-refractivity contribution in [3.63, 3.8) is 0 Å². The summed E-state index contributed by atoms with van der Waals surface area (Å²) in [7, 11) is -1.69. The van der Waals surface area contributed by atoms with E-state index >= 15 is 0 Å².